The van der Waals surface area contributed by atoms with Crippen LogP contribution in [0, 0.1) is 18.6 Å². The van der Waals surface area contributed by atoms with E-state index in [9.17, 15) is 8.78 Å². The molecule has 94 valence electrons. The molecule has 2 aromatic rings. The molecule has 0 radical (unpaired) electrons. The average molecular weight is 312 g/mol. The summed E-state index contributed by atoms with van der Waals surface area (Å²) in [5.41, 5.74) is 2.46. The number of anilines is 1. The van der Waals surface area contributed by atoms with E-state index in [2.05, 4.69) is 21.2 Å². The van der Waals surface area contributed by atoms with Gasteiger partial charge in [0.1, 0.15) is 11.6 Å². The lowest BCUT2D eigenvalue weighted by molar-refractivity contribution is 0.620. The van der Waals surface area contributed by atoms with Crippen molar-refractivity contribution < 1.29 is 8.78 Å². The van der Waals surface area contributed by atoms with Crippen LogP contribution in [-0.2, 0) is 6.54 Å². The van der Waals surface area contributed by atoms with E-state index in [-0.39, 0.29) is 11.6 Å². The predicted molar refractivity (Wildman–Crippen MR) is 72.6 cm³/mol. The molecular formula is C14H12BrF2N. The molecule has 4 heteroatoms. The Bertz CT molecular complexity index is 570. The third kappa shape index (κ3) is 3.07. The standard InChI is InChI=1S/C14H12BrF2N/c1-9-5-12(15)13(17)7-14(9)18-8-10-3-2-4-11(16)6-10/h2-7,18H,8H2,1H3. The smallest absolute Gasteiger partial charge is 0.139 e. The lowest BCUT2D eigenvalue weighted by Crippen LogP contribution is -2.02. The van der Waals surface area contributed by atoms with Crippen LogP contribution in [0.1, 0.15) is 11.1 Å². The van der Waals surface area contributed by atoms with Crippen LogP contribution in [0.25, 0.3) is 0 Å². The number of benzene rings is 2. The number of aryl methyl sites for hydroxylation is 1. The zero-order valence-electron chi connectivity index (χ0n) is 9.81. The first-order valence-electron chi connectivity index (χ1n) is 5.50. The fourth-order valence-corrected chi connectivity index (χ4v) is 2.14. The second kappa shape index (κ2) is 5.48. The Labute approximate surface area is 113 Å². The number of rotatable bonds is 3. The largest absolute Gasteiger partial charge is 0.381 e. The Morgan fingerprint density at radius 1 is 1.17 bits per heavy atom. The monoisotopic (exact) mass is 311 g/mol. The molecule has 0 saturated heterocycles. The molecule has 0 amide bonds. The van der Waals surface area contributed by atoms with Crippen LogP contribution in [0.15, 0.2) is 40.9 Å². The first-order chi connectivity index (χ1) is 8.56. The maximum atomic E-state index is 13.4. The molecule has 0 atom stereocenters. The predicted octanol–water partition coefficient (Wildman–Crippen LogP) is 4.65. The second-order valence-electron chi connectivity index (χ2n) is 4.06. The molecule has 2 rings (SSSR count). The highest BCUT2D eigenvalue weighted by molar-refractivity contribution is 9.10. The molecule has 1 nitrogen and oxygen atoms in total. The molecule has 0 aliphatic heterocycles. The Morgan fingerprint density at radius 3 is 2.67 bits per heavy atom. The highest BCUT2D eigenvalue weighted by atomic mass is 79.9. The first kappa shape index (κ1) is 13.0. The van der Waals surface area contributed by atoms with Crippen molar-refractivity contribution in [3.8, 4) is 0 Å². The Kier molecular flexibility index (Phi) is 3.97. The molecule has 0 aliphatic carbocycles. The van der Waals surface area contributed by atoms with Gasteiger partial charge in [-0.3, -0.25) is 0 Å². The fraction of sp³-hybridized carbons (Fsp3) is 0.143. The highest BCUT2D eigenvalue weighted by Gasteiger charge is 2.05. The van der Waals surface area contributed by atoms with Crippen molar-refractivity contribution in [1.29, 1.82) is 0 Å². The Morgan fingerprint density at radius 2 is 1.94 bits per heavy atom. The second-order valence-corrected chi connectivity index (χ2v) is 4.92. The van der Waals surface area contributed by atoms with Gasteiger partial charge in [0, 0.05) is 12.2 Å². The summed E-state index contributed by atoms with van der Waals surface area (Å²) in [6.07, 6.45) is 0. The van der Waals surface area contributed by atoms with Gasteiger partial charge in [0.05, 0.1) is 4.47 Å². The molecular weight excluding hydrogens is 300 g/mol. The average Bonchev–Trinajstić information content (AvgIpc) is 2.32. The van der Waals surface area contributed by atoms with E-state index >= 15 is 0 Å². The van der Waals surface area contributed by atoms with Crippen LogP contribution in [0.5, 0.6) is 0 Å². The molecule has 0 bridgehead atoms. The van der Waals surface area contributed by atoms with Gasteiger partial charge >= 0.3 is 0 Å². The van der Waals surface area contributed by atoms with Gasteiger partial charge in [0.25, 0.3) is 0 Å². The van der Waals surface area contributed by atoms with Crippen molar-refractivity contribution in [3.05, 3.63) is 63.6 Å². The summed E-state index contributed by atoms with van der Waals surface area (Å²) in [7, 11) is 0. The van der Waals surface area contributed by atoms with E-state index in [4.69, 9.17) is 0 Å². The Hall–Kier alpha value is -1.42. The van der Waals surface area contributed by atoms with Gasteiger partial charge in [0.2, 0.25) is 0 Å². The fourth-order valence-electron chi connectivity index (χ4n) is 1.68. The van der Waals surface area contributed by atoms with Crippen LogP contribution in [-0.4, -0.2) is 0 Å². The van der Waals surface area contributed by atoms with Gasteiger partial charge in [-0.05, 0) is 58.2 Å². The summed E-state index contributed by atoms with van der Waals surface area (Å²) >= 11 is 3.13. The van der Waals surface area contributed by atoms with Crippen LogP contribution in [0.3, 0.4) is 0 Å². The van der Waals surface area contributed by atoms with E-state index in [1.165, 1.54) is 18.2 Å². The molecule has 0 aliphatic rings. The van der Waals surface area contributed by atoms with E-state index in [1.54, 1.807) is 12.1 Å². The van der Waals surface area contributed by atoms with Gasteiger partial charge in [-0.2, -0.15) is 0 Å². The van der Waals surface area contributed by atoms with Crippen molar-refractivity contribution in [3.63, 3.8) is 0 Å². The van der Waals surface area contributed by atoms with Crippen LogP contribution >= 0.6 is 15.9 Å². The zero-order chi connectivity index (χ0) is 13.1. The molecule has 0 spiro atoms. The van der Waals surface area contributed by atoms with E-state index in [1.807, 2.05) is 13.0 Å². The number of halogens is 3. The minimum Gasteiger partial charge on any atom is -0.381 e. The SMILES string of the molecule is Cc1cc(Br)c(F)cc1NCc1cccc(F)c1. The Balaban J connectivity index is 2.13. The third-order valence-corrected chi connectivity index (χ3v) is 3.25. The molecule has 0 aromatic heterocycles. The summed E-state index contributed by atoms with van der Waals surface area (Å²) in [5.74, 6) is -0.588. The van der Waals surface area contributed by atoms with Crippen molar-refractivity contribution in [2.75, 3.05) is 5.32 Å². The van der Waals surface area contributed by atoms with E-state index in [0.29, 0.717) is 16.7 Å². The molecule has 0 heterocycles. The van der Waals surface area contributed by atoms with E-state index in [0.717, 1.165) is 11.1 Å². The molecule has 18 heavy (non-hydrogen) atoms. The highest BCUT2D eigenvalue weighted by Crippen LogP contribution is 2.24. The lowest BCUT2D eigenvalue weighted by atomic mass is 10.1. The molecule has 0 fully saturated rings. The van der Waals surface area contributed by atoms with Gasteiger partial charge < -0.3 is 5.32 Å². The van der Waals surface area contributed by atoms with Crippen molar-refractivity contribution >= 4 is 21.6 Å². The van der Waals surface area contributed by atoms with Crippen LogP contribution < -0.4 is 5.32 Å². The van der Waals surface area contributed by atoms with Gasteiger partial charge in [-0.15, -0.1) is 0 Å². The molecule has 0 unspecified atom stereocenters. The molecule has 2 aromatic carbocycles. The first-order valence-corrected chi connectivity index (χ1v) is 6.29. The minimum atomic E-state index is -0.317. The lowest BCUT2D eigenvalue weighted by Gasteiger charge is -2.10. The van der Waals surface area contributed by atoms with Crippen molar-refractivity contribution in [1.82, 2.24) is 0 Å². The number of hydrogen-bond acceptors (Lipinski definition) is 1. The van der Waals surface area contributed by atoms with Crippen molar-refractivity contribution in [2.24, 2.45) is 0 Å². The van der Waals surface area contributed by atoms with Gasteiger partial charge in [-0.1, -0.05) is 12.1 Å². The summed E-state index contributed by atoms with van der Waals surface area (Å²) in [5, 5.41) is 3.10. The van der Waals surface area contributed by atoms with Gasteiger partial charge in [0.15, 0.2) is 0 Å². The van der Waals surface area contributed by atoms with Crippen LogP contribution in [0.2, 0.25) is 0 Å². The summed E-state index contributed by atoms with van der Waals surface area (Å²) < 4.78 is 26.8. The summed E-state index contributed by atoms with van der Waals surface area (Å²) in [4.78, 5) is 0. The molecule has 1 N–H and O–H groups in total. The van der Waals surface area contributed by atoms with Crippen LogP contribution in [0.4, 0.5) is 14.5 Å². The quantitative estimate of drug-likeness (QED) is 0.870. The molecule has 0 saturated carbocycles. The maximum absolute atomic E-state index is 13.4. The minimum absolute atomic E-state index is 0.270. The summed E-state index contributed by atoms with van der Waals surface area (Å²) in [6, 6.07) is 9.47. The van der Waals surface area contributed by atoms with Crippen molar-refractivity contribution in [2.45, 2.75) is 13.5 Å². The zero-order valence-corrected chi connectivity index (χ0v) is 11.4. The summed E-state index contributed by atoms with van der Waals surface area (Å²) in [6.45, 7) is 2.35. The van der Waals surface area contributed by atoms with E-state index < -0.39 is 0 Å². The number of hydrogen-bond donors (Lipinski definition) is 1. The maximum Gasteiger partial charge on any atom is 0.139 e. The number of nitrogens with one attached hydrogen (secondary N) is 1. The normalized spacial score (nSPS) is 10.4. The van der Waals surface area contributed by atoms with Gasteiger partial charge in [-0.25, -0.2) is 8.78 Å². The topological polar surface area (TPSA) is 12.0 Å². The third-order valence-electron chi connectivity index (χ3n) is 2.64.